The van der Waals surface area contributed by atoms with Gasteiger partial charge in [0.05, 0.1) is 11.8 Å². The molecule has 2 aromatic rings. The summed E-state index contributed by atoms with van der Waals surface area (Å²) in [6.45, 7) is 0. The average Bonchev–Trinajstić information content (AvgIpc) is 2.75. The van der Waals surface area contributed by atoms with Gasteiger partial charge in [-0.1, -0.05) is 18.2 Å². The van der Waals surface area contributed by atoms with Crippen LogP contribution in [0.25, 0.3) is 6.08 Å². The number of rotatable bonds is 3. The fourth-order valence-electron chi connectivity index (χ4n) is 1.39. The summed E-state index contributed by atoms with van der Waals surface area (Å²) in [5, 5.41) is 3.92. The summed E-state index contributed by atoms with van der Waals surface area (Å²) in [6.07, 6.45) is 6.26. The lowest BCUT2D eigenvalue weighted by Crippen LogP contribution is -1.91. The Morgan fingerprint density at radius 3 is 2.65 bits per heavy atom. The van der Waals surface area contributed by atoms with E-state index in [9.17, 15) is 9.18 Å². The van der Waals surface area contributed by atoms with Crippen LogP contribution in [-0.4, -0.2) is 15.6 Å². The fourth-order valence-corrected chi connectivity index (χ4v) is 1.39. The maximum absolute atomic E-state index is 12.7. The predicted octanol–water partition coefficient (Wildman–Crippen LogP) is 2.46. The standard InChI is InChI=1S/C13H11FN2O/c1-16-9-11(8-15-16)13(17)7-4-10-2-5-12(14)6-3-10/h2-9H,1H3/b7-4-. The number of nitrogens with zero attached hydrogens (tertiary/aromatic N) is 2. The number of aryl methyl sites for hydroxylation is 1. The highest BCUT2D eigenvalue weighted by molar-refractivity contribution is 6.06. The van der Waals surface area contributed by atoms with E-state index in [4.69, 9.17) is 0 Å². The van der Waals surface area contributed by atoms with Gasteiger partial charge in [0.1, 0.15) is 5.82 Å². The van der Waals surface area contributed by atoms with Crippen molar-refractivity contribution in [1.29, 1.82) is 0 Å². The molecule has 3 nitrogen and oxygen atoms in total. The molecule has 1 heterocycles. The molecular weight excluding hydrogens is 219 g/mol. The van der Waals surface area contributed by atoms with Gasteiger partial charge in [0.2, 0.25) is 0 Å². The van der Waals surface area contributed by atoms with E-state index in [2.05, 4.69) is 5.10 Å². The number of carbonyl (C=O) groups excluding carboxylic acids is 1. The first-order valence-electron chi connectivity index (χ1n) is 5.12. The van der Waals surface area contributed by atoms with Crippen LogP contribution >= 0.6 is 0 Å². The Morgan fingerprint density at radius 2 is 2.06 bits per heavy atom. The molecule has 0 atom stereocenters. The van der Waals surface area contributed by atoms with E-state index in [1.807, 2.05) is 0 Å². The van der Waals surface area contributed by atoms with Gasteiger partial charge in [-0.05, 0) is 23.8 Å². The summed E-state index contributed by atoms with van der Waals surface area (Å²) in [6, 6.07) is 5.94. The molecule has 0 saturated carbocycles. The first-order chi connectivity index (χ1) is 8.15. The SMILES string of the molecule is Cn1cc(C(=O)/C=C\c2ccc(F)cc2)cn1. The summed E-state index contributed by atoms with van der Waals surface area (Å²) in [7, 11) is 1.75. The monoisotopic (exact) mass is 230 g/mol. The first kappa shape index (κ1) is 11.3. The predicted molar refractivity (Wildman–Crippen MR) is 63.0 cm³/mol. The summed E-state index contributed by atoms with van der Waals surface area (Å²) >= 11 is 0. The molecule has 1 aromatic heterocycles. The van der Waals surface area contributed by atoms with Crippen LogP contribution in [0.5, 0.6) is 0 Å². The van der Waals surface area contributed by atoms with Gasteiger partial charge in [-0.3, -0.25) is 9.48 Å². The number of ketones is 1. The third-order valence-electron chi connectivity index (χ3n) is 2.29. The van der Waals surface area contributed by atoms with Crippen molar-refractivity contribution in [2.75, 3.05) is 0 Å². The lowest BCUT2D eigenvalue weighted by atomic mass is 10.1. The normalized spacial score (nSPS) is 10.9. The number of carbonyl (C=O) groups is 1. The van der Waals surface area contributed by atoms with Crippen LogP contribution in [0.4, 0.5) is 4.39 Å². The Bertz CT molecular complexity index is 555. The minimum absolute atomic E-state index is 0.123. The maximum Gasteiger partial charge on any atom is 0.189 e. The van der Waals surface area contributed by atoms with Gasteiger partial charge in [0.15, 0.2) is 5.78 Å². The van der Waals surface area contributed by atoms with E-state index in [0.29, 0.717) is 5.56 Å². The van der Waals surface area contributed by atoms with Crippen molar-refractivity contribution in [2.45, 2.75) is 0 Å². The summed E-state index contributed by atoms with van der Waals surface area (Å²) in [5.41, 5.74) is 1.31. The van der Waals surface area contributed by atoms with Gasteiger partial charge in [0.25, 0.3) is 0 Å². The molecule has 4 heteroatoms. The maximum atomic E-state index is 12.7. The zero-order valence-electron chi connectivity index (χ0n) is 9.30. The molecule has 0 aliphatic rings. The zero-order chi connectivity index (χ0) is 12.3. The van der Waals surface area contributed by atoms with Crippen LogP contribution in [0.1, 0.15) is 15.9 Å². The Labute approximate surface area is 98.2 Å². The van der Waals surface area contributed by atoms with Gasteiger partial charge >= 0.3 is 0 Å². The number of aromatic nitrogens is 2. The molecule has 0 N–H and O–H groups in total. The van der Waals surface area contributed by atoms with Gasteiger partial charge in [-0.2, -0.15) is 5.10 Å². The number of halogens is 1. The van der Waals surface area contributed by atoms with Crippen molar-refractivity contribution in [1.82, 2.24) is 9.78 Å². The van der Waals surface area contributed by atoms with Crippen LogP contribution in [0.3, 0.4) is 0 Å². The molecule has 86 valence electrons. The molecule has 0 amide bonds. The third-order valence-corrected chi connectivity index (χ3v) is 2.29. The van der Waals surface area contributed by atoms with Crippen molar-refractivity contribution < 1.29 is 9.18 Å². The molecule has 0 fully saturated rings. The van der Waals surface area contributed by atoms with Crippen molar-refractivity contribution >= 4 is 11.9 Å². The second-order valence-electron chi connectivity index (χ2n) is 3.65. The smallest absolute Gasteiger partial charge is 0.189 e. The Kier molecular flexibility index (Phi) is 3.14. The molecule has 17 heavy (non-hydrogen) atoms. The minimum atomic E-state index is -0.291. The van der Waals surface area contributed by atoms with E-state index in [1.54, 1.807) is 36.1 Å². The van der Waals surface area contributed by atoms with Gasteiger partial charge in [-0.25, -0.2) is 4.39 Å². The molecule has 0 radical (unpaired) electrons. The molecule has 0 aliphatic heterocycles. The number of allylic oxidation sites excluding steroid dienone is 1. The van der Waals surface area contributed by atoms with Crippen LogP contribution in [-0.2, 0) is 7.05 Å². The van der Waals surface area contributed by atoms with Gasteiger partial charge in [0, 0.05) is 13.2 Å². The van der Waals surface area contributed by atoms with Crippen LogP contribution in [0.15, 0.2) is 42.7 Å². The zero-order valence-corrected chi connectivity index (χ0v) is 9.30. The number of hydrogen-bond acceptors (Lipinski definition) is 2. The highest BCUT2D eigenvalue weighted by atomic mass is 19.1. The summed E-state index contributed by atoms with van der Waals surface area (Å²) < 4.78 is 14.2. The van der Waals surface area contributed by atoms with Crippen LogP contribution in [0, 0.1) is 5.82 Å². The average molecular weight is 230 g/mol. The minimum Gasteiger partial charge on any atom is -0.289 e. The van der Waals surface area contributed by atoms with Crippen molar-refractivity contribution in [3.05, 3.63) is 59.7 Å². The van der Waals surface area contributed by atoms with Crippen molar-refractivity contribution in [2.24, 2.45) is 7.05 Å². The molecule has 0 bridgehead atoms. The Morgan fingerprint density at radius 1 is 1.35 bits per heavy atom. The highest BCUT2D eigenvalue weighted by Crippen LogP contribution is 2.06. The molecule has 0 aliphatic carbocycles. The van der Waals surface area contributed by atoms with E-state index < -0.39 is 0 Å². The van der Waals surface area contributed by atoms with E-state index >= 15 is 0 Å². The van der Waals surface area contributed by atoms with Crippen molar-refractivity contribution in [3.63, 3.8) is 0 Å². The quantitative estimate of drug-likeness (QED) is 0.599. The Hall–Kier alpha value is -2.23. The van der Waals surface area contributed by atoms with E-state index in [1.165, 1.54) is 24.4 Å². The molecule has 1 aromatic carbocycles. The van der Waals surface area contributed by atoms with Crippen molar-refractivity contribution in [3.8, 4) is 0 Å². The Balaban J connectivity index is 2.10. The summed E-state index contributed by atoms with van der Waals surface area (Å²) in [5.74, 6) is -0.414. The number of benzene rings is 1. The molecule has 0 spiro atoms. The second kappa shape index (κ2) is 4.74. The third kappa shape index (κ3) is 2.87. The largest absolute Gasteiger partial charge is 0.289 e. The lowest BCUT2D eigenvalue weighted by molar-refractivity contribution is 0.104. The highest BCUT2D eigenvalue weighted by Gasteiger charge is 2.03. The van der Waals surface area contributed by atoms with Crippen LogP contribution < -0.4 is 0 Å². The molecular formula is C13H11FN2O. The topological polar surface area (TPSA) is 34.9 Å². The first-order valence-corrected chi connectivity index (χ1v) is 5.12. The van der Waals surface area contributed by atoms with E-state index in [-0.39, 0.29) is 11.6 Å². The summed E-state index contributed by atoms with van der Waals surface area (Å²) in [4.78, 5) is 11.7. The molecule has 0 saturated heterocycles. The van der Waals surface area contributed by atoms with E-state index in [0.717, 1.165) is 5.56 Å². The van der Waals surface area contributed by atoms with Gasteiger partial charge < -0.3 is 0 Å². The second-order valence-corrected chi connectivity index (χ2v) is 3.65. The van der Waals surface area contributed by atoms with Crippen LogP contribution in [0.2, 0.25) is 0 Å². The number of hydrogen-bond donors (Lipinski definition) is 0. The lowest BCUT2D eigenvalue weighted by Gasteiger charge is -1.92. The molecule has 2 rings (SSSR count). The fraction of sp³-hybridized carbons (Fsp3) is 0.0769. The van der Waals surface area contributed by atoms with Gasteiger partial charge in [-0.15, -0.1) is 0 Å². The molecule has 0 unspecified atom stereocenters.